The van der Waals surface area contributed by atoms with Gasteiger partial charge in [0.25, 0.3) is 5.91 Å². The zero-order valence-electron chi connectivity index (χ0n) is 10.6. The van der Waals surface area contributed by atoms with Crippen LogP contribution in [0.1, 0.15) is 47.5 Å². The van der Waals surface area contributed by atoms with E-state index < -0.39 is 0 Å². The molecule has 2 aromatic heterocycles. The van der Waals surface area contributed by atoms with Gasteiger partial charge in [0.15, 0.2) is 5.76 Å². The first-order chi connectivity index (χ1) is 8.56. The molecule has 0 radical (unpaired) electrons. The SMILES string of the molecule is Cc1cc(C(=O)NCc2cc(C(C)C)no2)on1. The molecule has 1 amide bonds. The second-order valence-electron chi connectivity index (χ2n) is 4.39. The lowest BCUT2D eigenvalue weighted by atomic mass is 10.1. The van der Waals surface area contributed by atoms with Crippen molar-refractivity contribution >= 4 is 5.91 Å². The number of nitrogens with one attached hydrogen (secondary N) is 1. The highest BCUT2D eigenvalue weighted by Crippen LogP contribution is 2.13. The summed E-state index contributed by atoms with van der Waals surface area (Å²) in [5.74, 6) is 0.785. The highest BCUT2D eigenvalue weighted by Gasteiger charge is 2.13. The molecule has 18 heavy (non-hydrogen) atoms. The molecule has 0 saturated carbocycles. The summed E-state index contributed by atoms with van der Waals surface area (Å²) in [5, 5.41) is 10.2. The lowest BCUT2D eigenvalue weighted by Gasteiger charge is -1.97. The number of carbonyl (C=O) groups excluding carboxylic acids is 1. The average molecular weight is 249 g/mol. The Morgan fingerprint density at radius 3 is 2.67 bits per heavy atom. The van der Waals surface area contributed by atoms with E-state index in [1.165, 1.54) is 0 Å². The van der Waals surface area contributed by atoms with Crippen molar-refractivity contribution in [2.45, 2.75) is 33.2 Å². The van der Waals surface area contributed by atoms with Crippen molar-refractivity contribution in [3.63, 3.8) is 0 Å². The average Bonchev–Trinajstić information content (AvgIpc) is 2.94. The number of hydrogen-bond acceptors (Lipinski definition) is 5. The third kappa shape index (κ3) is 2.77. The monoisotopic (exact) mass is 249 g/mol. The fourth-order valence-corrected chi connectivity index (χ4v) is 1.41. The van der Waals surface area contributed by atoms with Gasteiger partial charge in [-0.15, -0.1) is 0 Å². The van der Waals surface area contributed by atoms with Gasteiger partial charge >= 0.3 is 0 Å². The second kappa shape index (κ2) is 5.03. The van der Waals surface area contributed by atoms with Gasteiger partial charge in [0.1, 0.15) is 0 Å². The van der Waals surface area contributed by atoms with Gasteiger partial charge in [-0.25, -0.2) is 0 Å². The topological polar surface area (TPSA) is 81.2 Å². The third-order valence-corrected chi connectivity index (χ3v) is 2.44. The quantitative estimate of drug-likeness (QED) is 0.896. The molecule has 0 bridgehead atoms. The number of amides is 1. The van der Waals surface area contributed by atoms with E-state index in [0.717, 1.165) is 5.69 Å². The molecule has 2 heterocycles. The molecule has 0 fully saturated rings. The van der Waals surface area contributed by atoms with E-state index in [-0.39, 0.29) is 18.2 Å². The highest BCUT2D eigenvalue weighted by molar-refractivity contribution is 5.91. The van der Waals surface area contributed by atoms with Gasteiger partial charge in [0.2, 0.25) is 5.76 Å². The molecule has 6 nitrogen and oxygen atoms in total. The number of hydrogen-bond donors (Lipinski definition) is 1. The first-order valence-electron chi connectivity index (χ1n) is 5.73. The molecule has 0 aliphatic rings. The number of nitrogens with zero attached hydrogens (tertiary/aromatic N) is 2. The van der Waals surface area contributed by atoms with Crippen LogP contribution in [-0.4, -0.2) is 16.2 Å². The summed E-state index contributed by atoms with van der Waals surface area (Å²) < 4.78 is 9.96. The molecule has 6 heteroatoms. The van der Waals surface area contributed by atoms with Crippen LogP contribution < -0.4 is 5.32 Å². The zero-order chi connectivity index (χ0) is 13.1. The molecular formula is C12H15N3O3. The Morgan fingerprint density at radius 1 is 1.33 bits per heavy atom. The minimum absolute atomic E-state index is 0.191. The molecule has 0 aliphatic heterocycles. The van der Waals surface area contributed by atoms with Crippen molar-refractivity contribution in [2.24, 2.45) is 0 Å². The van der Waals surface area contributed by atoms with Crippen LogP contribution in [0, 0.1) is 6.92 Å². The van der Waals surface area contributed by atoms with E-state index in [0.29, 0.717) is 17.4 Å². The molecule has 2 rings (SSSR count). The third-order valence-electron chi connectivity index (χ3n) is 2.44. The molecule has 0 atom stereocenters. The summed E-state index contributed by atoms with van der Waals surface area (Å²) in [7, 11) is 0. The predicted octanol–water partition coefficient (Wildman–Crippen LogP) is 2.02. The fraction of sp³-hybridized carbons (Fsp3) is 0.417. The lowest BCUT2D eigenvalue weighted by molar-refractivity contribution is 0.0910. The minimum Gasteiger partial charge on any atom is -0.359 e. The van der Waals surface area contributed by atoms with Gasteiger partial charge < -0.3 is 14.4 Å². The smallest absolute Gasteiger partial charge is 0.290 e. The summed E-state index contributed by atoms with van der Waals surface area (Å²) in [4.78, 5) is 11.7. The maximum atomic E-state index is 11.7. The summed E-state index contributed by atoms with van der Waals surface area (Å²) in [6.07, 6.45) is 0. The van der Waals surface area contributed by atoms with Crippen LogP contribution in [0.2, 0.25) is 0 Å². The normalized spacial score (nSPS) is 10.9. The lowest BCUT2D eigenvalue weighted by Crippen LogP contribution is -2.21. The standard InChI is InChI=1S/C12H15N3O3/c1-7(2)10-5-9(17-15-10)6-13-12(16)11-4-8(3)14-18-11/h4-5,7H,6H2,1-3H3,(H,13,16). The summed E-state index contributed by atoms with van der Waals surface area (Å²) >= 11 is 0. The van der Waals surface area contributed by atoms with Crippen molar-refractivity contribution in [1.29, 1.82) is 0 Å². The molecule has 0 saturated heterocycles. The van der Waals surface area contributed by atoms with Crippen molar-refractivity contribution in [2.75, 3.05) is 0 Å². The molecule has 2 aromatic rings. The Bertz CT molecular complexity index is 542. The van der Waals surface area contributed by atoms with Crippen LogP contribution >= 0.6 is 0 Å². The van der Waals surface area contributed by atoms with E-state index in [2.05, 4.69) is 15.6 Å². The Kier molecular flexibility index (Phi) is 3.45. The fourth-order valence-electron chi connectivity index (χ4n) is 1.41. The van der Waals surface area contributed by atoms with Crippen molar-refractivity contribution in [3.05, 3.63) is 35.0 Å². The summed E-state index contributed by atoms with van der Waals surface area (Å²) in [6.45, 7) is 6.08. The number of aromatic nitrogens is 2. The van der Waals surface area contributed by atoms with Crippen LogP contribution in [-0.2, 0) is 6.54 Å². The van der Waals surface area contributed by atoms with Gasteiger partial charge in [-0.05, 0) is 12.8 Å². The maximum Gasteiger partial charge on any atom is 0.290 e. The number of aryl methyl sites for hydroxylation is 1. The first-order valence-corrected chi connectivity index (χ1v) is 5.73. The molecule has 0 aromatic carbocycles. The molecule has 0 unspecified atom stereocenters. The summed E-state index contributed by atoms with van der Waals surface area (Å²) in [5.41, 5.74) is 1.54. The van der Waals surface area contributed by atoms with Crippen LogP contribution in [0.15, 0.2) is 21.2 Å². The van der Waals surface area contributed by atoms with Gasteiger partial charge in [-0.3, -0.25) is 4.79 Å². The Balaban J connectivity index is 1.93. The second-order valence-corrected chi connectivity index (χ2v) is 4.39. The zero-order valence-corrected chi connectivity index (χ0v) is 10.6. The van der Waals surface area contributed by atoms with Gasteiger partial charge in [-0.1, -0.05) is 24.2 Å². The summed E-state index contributed by atoms with van der Waals surface area (Å²) in [6, 6.07) is 3.41. The first kappa shape index (κ1) is 12.3. The largest absolute Gasteiger partial charge is 0.359 e. The van der Waals surface area contributed by atoms with Crippen LogP contribution in [0.5, 0.6) is 0 Å². The van der Waals surface area contributed by atoms with Crippen molar-refractivity contribution in [1.82, 2.24) is 15.6 Å². The van der Waals surface area contributed by atoms with Crippen molar-refractivity contribution < 1.29 is 13.8 Å². The Morgan fingerprint density at radius 2 is 2.11 bits per heavy atom. The van der Waals surface area contributed by atoms with Crippen molar-refractivity contribution in [3.8, 4) is 0 Å². The molecular weight excluding hydrogens is 234 g/mol. The van der Waals surface area contributed by atoms with Gasteiger partial charge in [-0.2, -0.15) is 0 Å². The number of carbonyl (C=O) groups is 1. The molecule has 1 N–H and O–H groups in total. The van der Waals surface area contributed by atoms with Crippen LogP contribution in [0.3, 0.4) is 0 Å². The molecule has 96 valence electrons. The molecule has 0 spiro atoms. The predicted molar refractivity (Wildman–Crippen MR) is 63.0 cm³/mol. The maximum absolute atomic E-state index is 11.7. The number of rotatable bonds is 4. The van der Waals surface area contributed by atoms with E-state index in [1.807, 2.05) is 19.9 Å². The van der Waals surface area contributed by atoms with E-state index in [1.54, 1.807) is 13.0 Å². The van der Waals surface area contributed by atoms with E-state index >= 15 is 0 Å². The minimum atomic E-state index is -0.321. The molecule has 0 aliphatic carbocycles. The Labute approximate surface area is 104 Å². The van der Waals surface area contributed by atoms with Crippen LogP contribution in [0.25, 0.3) is 0 Å². The van der Waals surface area contributed by atoms with E-state index in [4.69, 9.17) is 9.05 Å². The van der Waals surface area contributed by atoms with E-state index in [9.17, 15) is 4.79 Å². The van der Waals surface area contributed by atoms with Gasteiger partial charge in [0.05, 0.1) is 17.9 Å². The van der Waals surface area contributed by atoms with Gasteiger partial charge in [0, 0.05) is 12.1 Å². The highest BCUT2D eigenvalue weighted by atomic mass is 16.5. The Hall–Kier alpha value is -2.11. The van der Waals surface area contributed by atoms with Crippen LogP contribution in [0.4, 0.5) is 0 Å².